The van der Waals surface area contributed by atoms with Crippen LogP contribution in [-0.2, 0) is 14.3 Å². The Morgan fingerprint density at radius 3 is 0.899 bits per heavy atom. The topological polar surface area (TPSA) is 95.9 Å². The van der Waals surface area contributed by atoms with E-state index in [-0.39, 0.29) is 18.5 Å². The summed E-state index contributed by atoms with van der Waals surface area (Å²) >= 11 is 0. The highest BCUT2D eigenvalue weighted by atomic mass is 16.5. The fourth-order valence-corrected chi connectivity index (χ4v) is 11.5. The summed E-state index contributed by atoms with van der Waals surface area (Å²) in [4.78, 5) is 24.6. The number of rotatable bonds is 68. The summed E-state index contributed by atoms with van der Waals surface area (Å²) in [5, 5.41) is 23.2. The van der Waals surface area contributed by atoms with Crippen LogP contribution in [0.25, 0.3) is 0 Å². The highest BCUT2D eigenvalue weighted by molar-refractivity contribution is 5.76. The minimum absolute atomic E-state index is 0.0155. The van der Waals surface area contributed by atoms with Gasteiger partial charge in [-0.2, -0.15) is 0 Å². The lowest BCUT2D eigenvalue weighted by Gasteiger charge is -2.20. The van der Waals surface area contributed by atoms with Crippen molar-refractivity contribution in [3.8, 4) is 0 Å². The molecule has 0 bridgehead atoms. The van der Waals surface area contributed by atoms with E-state index < -0.39 is 12.1 Å². The summed E-state index contributed by atoms with van der Waals surface area (Å²) in [5.41, 5.74) is 0. The molecule has 6 nitrogen and oxygen atoms in total. The SMILES string of the molecule is CCCCCCCC/C=C\CCCCCCCCCCCC(=O)OCCCCCCCCCCCCCCCCCCCCCCCCCCC(=O)NC(CO)C(O)/C=C/CCCCCCCCCCCCCCCCCCC. The first kappa shape index (κ1) is 77.3. The lowest BCUT2D eigenvalue weighted by atomic mass is 10.0. The lowest BCUT2D eigenvalue weighted by molar-refractivity contribution is -0.143. The molecule has 0 radical (unpaired) electrons. The molecule has 0 aliphatic heterocycles. The van der Waals surface area contributed by atoms with Crippen LogP contribution in [0.5, 0.6) is 0 Å². The van der Waals surface area contributed by atoms with Gasteiger partial charge in [0.25, 0.3) is 0 Å². The van der Waals surface area contributed by atoms with Crippen molar-refractivity contribution < 1.29 is 24.5 Å². The molecule has 2 atom stereocenters. The summed E-state index contributed by atoms with van der Waals surface area (Å²) in [6, 6.07) is -0.627. The first-order chi connectivity index (χ1) is 39.0. The molecule has 6 heteroatoms. The molecule has 0 saturated heterocycles. The van der Waals surface area contributed by atoms with E-state index in [0.717, 1.165) is 38.5 Å². The van der Waals surface area contributed by atoms with E-state index in [1.165, 1.54) is 340 Å². The van der Waals surface area contributed by atoms with E-state index in [4.69, 9.17) is 4.74 Å². The largest absolute Gasteiger partial charge is 0.466 e. The Morgan fingerprint density at radius 1 is 0.342 bits per heavy atom. The van der Waals surface area contributed by atoms with Crippen molar-refractivity contribution in [1.29, 1.82) is 0 Å². The second kappa shape index (κ2) is 68.8. The van der Waals surface area contributed by atoms with Crippen LogP contribution in [0.3, 0.4) is 0 Å². The van der Waals surface area contributed by atoms with E-state index >= 15 is 0 Å². The zero-order chi connectivity index (χ0) is 57.1. The van der Waals surface area contributed by atoms with Crippen LogP contribution >= 0.6 is 0 Å². The number of aliphatic hydroxyl groups is 2. The molecular weight excluding hydrogens is 971 g/mol. The highest BCUT2D eigenvalue weighted by Crippen LogP contribution is 2.19. The predicted octanol–water partition coefficient (Wildman–Crippen LogP) is 23.3. The van der Waals surface area contributed by atoms with Gasteiger partial charge in [-0.1, -0.05) is 359 Å². The number of carbonyl (C=O) groups excluding carboxylic acids is 2. The Morgan fingerprint density at radius 2 is 0.595 bits per heavy atom. The van der Waals surface area contributed by atoms with Crippen molar-refractivity contribution in [2.75, 3.05) is 13.2 Å². The van der Waals surface area contributed by atoms with Gasteiger partial charge in [0.2, 0.25) is 5.91 Å². The minimum atomic E-state index is -0.844. The van der Waals surface area contributed by atoms with Crippen LogP contribution in [-0.4, -0.2) is 47.4 Å². The molecule has 0 fully saturated rings. The molecule has 0 saturated carbocycles. The summed E-state index contributed by atoms with van der Waals surface area (Å²) < 4.78 is 5.51. The minimum Gasteiger partial charge on any atom is -0.466 e. The number of ether oxygens (including phenoxy) is 1. The lowest BCUT2D eigenvalue weighted by Crippen LogP contribution is -2.45. The second-order valence-corrected chi connectivity index (χ2v) is 24.9. The van der Waals surface area contributed by atoms with Gasteiger partial charge < -0.3 is 20.3 Å². The Hall–Kier alpha value is -1.66. The van der Waals surface area contributed by atoms with Crippen molar-refractivity contribution >= 4 is 11.9 Å². The average molecular weight is 1110 g/mol. The third kappa shape index (κ3) is 65.4. The summed E-state index contributed by atoms with van der Waals surface area (Å²) in [6.45, 7) is 4.94. The molecule has 2 unspecified atom stereocenters. The Bertz CT molecular complexity index is 1230. The molecule has 468 valence electrons. The third-order valence-electron chi connectivity index (χ3n) is 17.0. The van der Waals surface area contributed by atoms with E-state index in [1.54, 1.807) is 6.08 Å². The Labute approximate surface area is 494 Å². The summed E-state index contributed by atoms with van der Waals surface area (Å²) in [5.74, 6) is -0.0475. The maximum Gasteiger partial charge on any atom is 0.305 e. The van der Waals surface area contributed by atoms with Gasteiger partial charge in [-0.05, 0) is 57.8 Å². The molecule has 79 heavy (non-hydrogen) atoms. The van der Waals surface area contributed by atoms with Gasteiger partial charge in [-0.15, -0.1) is 0 Å². The normalized spacial score (nSPS) is 12.6. The summed E-state index contributed by atoms with van der Waals surface area (Å²) in [6.07, 6.45) is 86.9. The summed E-state index contributed by atoms with van der Waals surface area (Å²) in [7, 11) is 0. The first-order valence-corrected chi connectivity index (χ1v) is 36.1. The highest BCUT2D eigenvalue weighted by Gasteiger charge is 2.18. The molecule has 0 aromatic heterocycles. The van der Waals surface area contributed by atoms with Gasteiger partial charge in [0, 0.05) is 12.8 Å². The third-order valence-corrected chi connectivity index (χ3v) is 17.0. The molecule has 0 rings (SSSR count). The van der Waals surface area contributed by atoms with Gasteiger partial charge in [0.1, 0.15) is 0 Å². The van der Waals surface area contributed by atoms with Crippen LogP contribution in [0.4, 0.5) is 0 Å². The molecule has 0 heterocycles. The van der Waals surface area contributed by atoms with Crippen molar-refractivity contribution in [1.82, 2.24) is 5.32 Å². The Kier molecular flexibility index (Phi) is 67.4. The van der Waals surface area contributed by atoms with Gasteiger partial charge in [0.15, 0.2) is 0 Å². The molecule has 0 spiro atoms. The van der Waals surface area contributed by atoms with E-state index in [0.29, 0.717) is 19.4 Å². The van der Waals surface area contributed by atoms with Gasteiger partial charge in [-0.3, -0.25) is 9.59 Å². The average Bonchev–Trinajstić information content (AvgIpc) is 3.45. The van der Waals surface area contributed by atoms with Crippen molar-refractivity contribution in [2.45, 2.75) is 418 Å². The number of allylic oxidation sites excluding steroid dienone is 3. The molecule has 0 aromatic rings. The zero-order valence-electron chi connectivity index (χ0n) is 53.6. The maximum absolute atomic E-state index is 12.5. The number of hydrogen-bond acceptors (Lipinski definition) is 5. The first-order valence-electron chi connectivity index (χ1n) is 36.1. The molecule has 0 aliphatic carbocycles. The number of esters is 1. The van der Waals surface area contributed by atoms with E-state index in [9.17, 15) is 19.8 Å². The van der Waals surface area contributed by atoms with Crippen molar-refractivity contribution in [3.05, 3.63) is 24.3 Å². The van der Waals surface area contributed by atoms with Crippen molar-refractivity contribution in [2.24, 2.45) is 0 Å². The molecular formula is C73H141NO5. The molecule has 1 amide bonds. The fourth-order valence-electron chi connectivity index (χ4n) is 11.5. The van der Waals surface area contributed by atoms with Crippen LogP contribution < -0.4 is 5.32 Å². The van der Waals surface area contributed by atoms with Crippen LogP contribution in [0.2, 0.25) is 0 Å². The van der Waals surface area contributed by atoms with E-state index in [1.807, 2.05) is 6.08 Å². The smallest absolute Gasteiger partial charge is 0.305 e. The monoisotopic (exact) mass is 1110 g/mol. The van der Waals surface area contributed by atoms with Crippen LogP contribution in [0.1, 0.15) is 406 Å². The molecule has 0 aliphatic rings. The number of aliphatic hydroxyl groups excluding tert-OH is 2. The van der Waals surface area contributed by atoms with Crippen LogP contribution in [0.15, 0.2) is 24.3 Å². The van der Waals surface area contributed by atoms with E-state index in [2.05, 4.69) is 31.3 Å². The fraction of sp³-hybridized carbons (Fsp3) is 0.918. The number of amides is 1. The molecule has 0 aromatic carbocycles. The quantitative estimate of drug-likeness (QED) is 0.0320. The van der Waals surface area contributed by atoms with Gasteiger partial charge in [0.05, 0.1) is 25.4 Å². The number of unbranched alkanes of at least 4 members (excludes halogenated alkanes) is 55. The standard InChI is InChI=1S/C73H141NO5/c1-3-5-7-9-11-13-15-17-19-21-29-33-37-41-45-49-53-57-61-65-71(76)70(69-75)74-72(77)66-62-58-54-50-46-42-38-34-31-27-25-23-24-26-28-32-36-40-44-48-52-56-60-64-68-79-73(78)67-63-59-55-51-47-43-39-35-30-22-20-18-16-14-12-10-8-6-4-2/h18,20,61,65,70-71,75-76H,3-17,19,21-60,62-64,66-69H2,1-2H3,(H,74,77)/b20-18-,65-61+. The Balaban J connectivity index is 3.37. The van der Waals surface area contributed by atoms with Crippen molar-refractivity contribution in [3.63, 3.8) is 0 Å². The van der Waals surface area contributed by atoms with Gasteiger partial charge >= 0.3 is 5.97 Å². The maximum atomic E-state index is 12.5. The second-order valence-electron chi connectivity index (χ2n) is 24.9. The predicted molar refractivity (Wildman–Crippen MR) is 347 cm³/mol. The van der Waals surface area contributed by atoms with Gasteiger partial charge in [-0.25, -0.2) is 0 Å². The number of hydrogen-bond donors (Lipinski definition) is 3. The van der Waals surface area contributed by atoms with Crippen LogP contribution in [0, 0.1) is 0 Å². The molecule has 3 N–H and O–H groups in total. The number of carbonyl (C=O) groups is 2. The zero-order valence-corrected chi connectivity index (χ0v) is 53.6. The number of nitrogens with one attached hydrogen (secondary N) is 1.